The molecular weight excluding hydrogens is 434 g/mol. The zero-order valence-corrected chi connectivity index (χ0v) is 19.8. The van der Waals surface area contributed by atoms with E-state index in [4.69, 9.17) is 0 Å². The Kier molecular flexibility index (Phi) is 7.14. The highest BCUT2D eigenvalue weighted by Gasteiger charge is 2.19. The number of carbonyl (C=O) groups is 1. The molecule has 0 spiro atoms. The van der Waals surface area contributed by atoms with Crippen molar-refractivity contribution in [2.24, 2.45) is 0 Å². The predicted molar refractivity (Wildman–Crippen MR) is 130 cm³/mol. The van der Waals surface area contributed by atoms with Gasteiger partial charge in [0.15, 0.2) is 5.78 Å². The zero-order valence-electron chi connectivity index (χ0n) is 18.2. The lowest BCUT2D eigenvalue weighted by Gasteiger charge is -2.21. The highest BCUT2D eigenvalue weighted by Crippen LogP contribution is 2.28. The Morgan fingerprint density at radius 2 is 1.63 bits per heavy atom. The summed E-state index contributed by atoms with van der Waals surface area (Å²) in [6, 6.07) is 24.5. The SMILES string of the molecule is CCc1ccc(N[C@@H](CC(=O)c2ccc(C(C)(C)C)cc2)c2cccc(Br)c2)cc1. The molecule has 2 nitrogen and oxygen atoms in total. The average Bonchev–Trinajstić information content (AvgIpc) is 2.73. The van der Waals surface area contributed by atoms with Crippen molar-refractivity contribution in [2.75, 3.05) is 5.32 Å². The molecular formula is C27H30BrNO. The van der Waals surface area contributed by atoms with Crippen LogP contribution in [0.2, 0.25) is 0 Å². The molecule has 0 aliphatic heterocycles. The van der Waals surface area contributed by atoms with Crippen LogP contribution in [0.25, 0.3) is 0 Å². The molecule has 3 aromatic carbocycles. The van der Waals surface area contributed by atoms with E-state index in [-0.39, 0.29) is 17.2 Å². The molecule has 1 N–H and O–H groups in total. The summed E-state index contributed by atoms with van der Waals surface area (Å²) >= 11 is 3.56. The van der Waals surface area contributed by atoms with Gasteiger partial charge in [0.25, 0.3) is 0 Å². The van der Waals surface area contributed by atoms with Crippen molar-refractivity contribution in [2.45, 2.75) is 52.0 Å². The Hall–Kier alpha value is -2.39. The number of hydrogen-bond acceptors (Lipinski definition) is 2. The second-order valence-electron chi connectivity index (χ2n) is 8.76. The van der Waals surface area contributed by atoms with Gasteiger partial charge in [0.05, 0.1) is 6.04 Å². The van der Waals surface area contributed by atoms with E-state index in [1.807, 2.05) is 24.3 Å². The Morgan fingerprint density at radius 1 is 0.967 bits per heavy atom. The van der Waals surface area contributed by atoms with E-state index < -0.39 is 0 Å². The summed E-state index contributed by atoms with van der Waals surface area (Å²) in [6.07, 6.45) is 1.40. The van der Waals surface area contributed by atoms with E-state index in [0.29, 0.717) is 6.42 Å². The van der Waals surface area contributed by atoms with Gasteiger partial charge in [-0.15, -0.1) is 0 Å². The Bertz CT molecular complexity index is 985. The first kappa shape index (κ1) is 22.3. The molecule has 0 saturated carbocycles. The summed E-state index contributed by atoms with van der Waals surface area (Å²) in [5.74, 6) is 0.137. The number of benzene rings is 3. The number of aryl methyl sites for hydroxylation is 1. The van der Waals surface area contributed by atoms with Crippen molar-refractivity contribution in [3.8, 4) is 0 Å². The van der Waals surface area contributed by atoms with Gasteiger partial charge in [-0.2, -0.15) is 0 Å². The van der Waals surface area contributed by atoms with Crippen molar-refractivity contribution < 1.29 is 4.79 Å². The molecule has 0 aromatic heterocycles. The second-order valence-corrected chi connectivity index (χ2v) is 9.67. The number of halogens is 1. The quantitative estimate of drug-likeness (QED) is 0.363. The molecule has 0 amide bonds. The molecule has 0 heterocycles. The minimum atomic E-state index is -0.107. The Balaban J connectivity index is 1.83. The predicted octanol–water partition coefficient (Wildman–Crippen LogP) is 7.74. The summed E-state index contributed by atoms with van der Waals surface area (Å²) in [7, 11) is 0. The lowest BCUT2D eigenvalue weighted by atomic mass is 9.86. The van der Waals surface area contributed by atoms with Gasteiger partial charge in [-0.25, -0.2) is 0 Å². The fraction of sp³-hybridized carbons (Fsp3) is 0.296. The maximum absolute atomic E-state index is 13.1. The highest BCUT2D eigenvalue weighted by molar-refractivity contribution is 9.10. The van der Waals surface area contributed by atoms with E-state index in [2.05, 4.69) is 97.5 Å². The molecule has 0 saturated heterocycles. The van der Waals surface area contributed by atoms with E-state index in [1.165, 1.54) is 11.1 Å². The van der Waals surface area contributed by atoms with Crippen LogP contribution in [-0.4, -0.2) is 5.78 Å². The van der Waals surface area contributed by atoms with Crippen LogP contribution in [0.1, 0.15) is 67.2 Å². The lowest BCUT2D eigenvalue weighted by Crippen LogP contribution is -2.16. The molecule has 0 fully saturated rings. The van der Waals surface area contributed by atoms with Crippen LogP contribution in [0.5, 0.6) is 0 Å². The van der Waals surface area contributed by atoms with Crippen molar-refractivity contribution >= 4 is 27.4 Å². The van der Waals surface area contributed by atoms with E-state index in [1.54, 1.807) is 0 Å². The van der Waals surface area contributed by atoms with E-state index in [0.717, 1.165) is 27.7 Å². The average molecular weight is 464 g/mol. The molecule has 0 aliphatic carbocycles. The Labute approximate surface area is 188 Å². The normalized spacial score (nSPS) is 12.4. The van der Waals surface area contributed by atoms with Crippen molar-refractivity contribution in [3.05, 3.63) is 99.5 Å². The van der Waals surface area contributed by atoms with Crippen molar-refractivity contribution in [1.29, 1.82) is 0 Å². The summed E-state index contributed by atoms with van der Waals surface area (Å²) in [5, 5.41) is 3.57. The van der Waals surface area contributed by atoms with Gasteiger partial charge in [0.1, 0.15) is 0 Å². The fourth-order valence-electron chi connectivity index (χ4n) is 3.47. The largest absolute Gasteiger partial charge is 0.378 e. The number of rotatable bonds is 7. The zero-order chi connectivity index (χ0) is 21.7. The third-order valence-corrected chi connectivity index (χ3v) is 5.91. The van der Waals surface area contributed by atoms with Crippen LogP contribution in [0.4, 0.5) is 5.69 Å². The molecule has 156 valence electrons. The van der Waals surface area contributed by atoms with Gasteiger partial charge >= 0.3 is 0 Å². The first-order valence-electron chi connectivity index (χ1n) is 10.5. The van der Waals surface area contributed by atoms with Crippen LogP contribution in [0, 0.1) is 0 Å². The third-order valence-electron chi connectivity index (χ3n) is 5.42. The maximum atomic E-state index is 13.1. The molecule has 1 atom stereocenters. The fourth-order valence-corrected chi connectivity index (χ4v) is 3.89. The van der Waals surface area contributed by atoms with Crippen molar-refractivity contribution in [3.63, 3.8) is 0 Å². The monoisotopic (exact) mass is 463 g/mol. The van der Waals surface area contributed by atoms with Crippen LogP contribution in [0.3, 0.4) is 0 Å². The first-order valence-corrected chi connectivity index (χ1v) is 11.3. The molecule has 0 radical (unpaired) electrons. The van der Waals surface area contributed by atoms with Gasteiger partial charge < -0.3 is 5.32 Å². The highest BCUT2D eigenvalue weighted by atomic mass is 79.9. The second kappa shape index (κ2) is 9.61. The van der Waals surface area contributed by atoms with Gasteiger partial charge in [-0.1, -0.05) is 92.2 Å². The number of anilines is 1. The lowest BCUT2D eigenvalue weighted by molar-refractivity contribution is 0.0976. The number of hydrogen-bond donors (Lipinski definition) is 1. The molecule has 0 unspecified atom stereocenters. The van der Waals surface area contributed by atoms with Crippen LogP contribution < -0.4 is 5.32 Å². The van der Waals surface area contributed by atoms with Crippen molar-refractivity contribution in [1.82, 2.24) is 0 Å². The number of ketones is 1. The Morgan fingerprint density at radius 3 is 2.20 bits per heavy atom. The molecule has 3 aromatic rings. The van der Waals surface area contributed by atoms with Gasteiger partial charge in [0, 0.05) is 22.1 Å². The molecule has 30 heavy (non-hydrogen) atoms. The van der Waals surface area contributed by atoms with Crippen LogP contribution in [-0.2, 0) is 11.8 Å². The summed E-state index contributed by atoms with van der Waals surface area (Å²) < 4.78 is 1.01. The van der Waals surface area contributed by atoms with Crippen LogP contribution >= 0.6 is 15.9 Å². The molecule has 0 aliphatic rings. The number of nitrogens with one attached hydrogen (secondary N) is 1. The third kappa shape index (κ3) is 5.82. The van der Waals surface area contributed by atoms with Crippen LogP contribution in [0.15, 0.2) is 77.3 Å². The topological polar surface area (TPSA) is 29.1 Å². The maximum Gasteiger partial charge on any atom is 0.165 e. The van der Waals surface area contributed by atoms with Gasteiger partial charge in [0.2, 0.25) is 0 Å². The smallest absolute Gasteiger partial charge is 0.165 e. The van der Waals surface area contributed by atoms with E-state index >= 15 is 0 Å². The molecule has 3 rings (SSSR count). The molecule has 3 heteroatoms. The summed E-state index contributed by atoms with van der Waals surface area (Å²) in [4.78, 5) is 13.1. The molecule has 0 bridgehead atoms. The minimum Gasteiger partial charge on any atom is -0.378 e. The minimum absolute atomic E-state index is 0.0760. The van der Waals surface area contributed by atoms with E-state index in [9.17, 15) is 4.79 Å². The standard InChI is InChI=1S/C27H30BrNO/c1-5-19-9-15-24(16-10-19)29-25(21-7-6-8-23(28)17-21)18-26(30)20-11-13-22(14-12-20)27(2,3)4/h6-17,25,29H,5,18H2,1-4H3/t25-/m0/s1. The summed E-state index contributed by atoms with van der Waals surface area (Å²) in [6.45, 7) is 8.69. The first-order chi connectivity index (χ1) is 14.3. The number of Topliss-reactive ketones (excluding diaryl/α,β-unsaturated/α-hetero) is 1. The summed E-state index contributed by atoms with van der Waals surface area (Å²) in [5.41, 5.74) is 5.47. The van der Waals surface area contributed by atoms with Gasteiger partial charge in [-0.05, 0) is 52.8 Å². The van der Waals surface area contributed by atoms with Gasteiger partial charge in [-0.3, -0.25) is 4.79 Å². The number of carbonyl (C=O) groups excluding carboxylic acids is 1.